The van der Waals surface area contributed by atoms with E-state index in [0.29, 0.717) is 11.4 Å². The van der Waals surface area contributed by atoms with Gasteiger partial charge in [0.05, 0.1) is 25.3 Å². The molecule has 0 radical (unpaired) electrons. The number of ether oxygens (including phenoxy) is 1. The highest BCUT2D eigenvalue weighted by Crippen LogP contribution is 2.26. The molecule has 1 aliphatic heterocycles. The number of hydrogen-bond donors (Lipinski definition) is 2. The van der Waals surface area contributed by atoms with Crippen LogP contribution in [0, 0.1) is 12.8 Å². The van der Waals surface area contributed by atoms with Crippen molar-refractivity contribution < 1.29 is 14.6 Å². The second-order valence-corrected chi connectivity index (χ2v) is 7.48. The Morgan fingerprint density at radius 3 is 2.75 bits per heavy atom. The summed E-state index contributed by atoms with van der Waals surface area (Å²) in [4.78, 5) is 23.0. The number of nitrogens with one attached hydrogen (secondary N) is 1. The van der Waals surface area contributed by atoms with Gasteiger partial charge >= 0.3 is 5.97 Å². The predicted molar refractivity (Wildman–Crippen MR) is 109 cm³/mol. The van der Waals surface area contributed by atoms with Gasteiger partial charge in [0.25, 0.3) is 0 Å². The SMILES string of the molecule is COC(=O)c1ccc2c(c1)CCN(c1cc(N[C@H](CO)C(C)C)nc(C)n1)C2. The number of benzene rings is 1. The van der Waals surface area contributed by atoms with Crippen molar-refractivity contribution in [3.05, 3.63) is 46.8 Å². The molecule has 0 amide bonds. The van der Waals surface area contributed by atoms with E-state index in [1.54, 1.807) is 6.07 Å². The molecule has 7 heteroatoms. The second-order valence-electron chi connectivity index (χ2n) is 7.48. The van der Waals surface area contributed by atoms with Crippen molar-refractivity contribution in [2.24, 2.45) is 5.92 Å². The highest BCUT2D eigenvalue weighted by atomic mass is 16.5. The number of nitrogens with zero attached hydrogens (tertiary/aromatic N) is 3. The number of carbonyl (C=O) groups excluding carboxylic acids is 1. The van der Waals surface area contributed by atoms with Crippen LogP contribution in [-0.4, -0.2) is 47.3 Å². The Bertz CT molecular complexity index is 854. The summed E-state index contributed by atoms with van der Waals surface area (Å²) in [5.74, 6) is 2.25. The summed E-state index contributed by atoms with van der Waals surface area (Å²) in [6.45, 7) is 7.58. The van der Waals surface area contributed by atoms with Gasteiger partial charge in [-0.3, -0.25) is 0 Å². The first-order valence-electron chi connectivity index (χ1n) is 9.59. The van der Waals surface area contributed by atoms with Crippen molar-refractivity contribution in [2.45, 2.75) is 39.8 Å². The molecule has 2 aromatic rings. The maximum Gasteiger partial charge on any atom is 0.337 e. The Kier molecular flexibility index (Phi) is 6.14. The highest BCUT2D eigenvalue weighted by Gasteiger charge is 2.21. The quantitative estimate of drug-likeness (QED) is 0.740. The number of aromatic nitrogens is 2. The third-order valence-corrected chi connectivity index (χ3v) is 5.12. The summed E-state index contributed by atoms with van der Waals surface area (Å²) in [6, 6.07) is 7.60. The third-order valence-electron chi connectivity index (χ3n) is 5.12. The molecule has 28 heavy (non-hydrogen) atoms. The molecule has 0 saturated carbocycles. The number of aryl methyl sites for hydroxylation is 1. The predicted octanol–water partition coefficient (Wildman–Crippen LogP) is 2.56. The van der Waals surface area contributed by atoms with E-state index in [1.807, 2.05) is 25.1 Å². The summed E-state index contributed by atoms with van der Waals surface area (Å²) in [7, 11) is 1.40. The molecule has 150 valence electrons. The van der Waals surface area contributed by atoms with Crippen LogP contribution in [0.25, 0.3) is 0 Å². The lowest BCUT2D eigenvalue weighted by molar-refractivity contribution is 0.0600. The molecule has 0 fully saturated rings. The molecule has 2 N–H and O–H groups in total. The molecule has 1 aromatic heterocycles. The van der Waals surface area contributed by atoms with Crippen molar-refractivity contribution in [2.75, 3.05) is 30.5 Å². The molecule has 0 bridgehead atoms. The van der Waals surface area contributed by atoms with Gasteiger partial charge in [0, 0.05) is 19.2 Å². The zero-order valence-electron chi connectivity index (χ0n) is 16.9. The number of methoxy groups -OCH3 is 1. The van der Waals surface area contributed by atoms with Gasteiger partial charge in [0.15, 0.2) is 0 Å². The molecular formula is C21H28N4O3. The first-order valence-corrected chi connectivity index (χ1v) is 9.59. The van der Waals surface area contributed by atoms with E-state index in [0.717, 1.165) is 31.1 Å². The fraction of sp³-hybridized carbons (Fsp3) is 0.476. The minimum absolute atomic E-state index is 0.0513. The smallest absolute Gasteiger partial charge is 0.337 e. The van der Waals surface area contributed by atoms with Crippen LogP contribution in [0.4, 0.5) is 11.6 Å². The lowest BCUT2D eigenvalue weighted by Gasteiger charge is -2.30. The monoisotopic (exact) mass is 384 g/mol. The van der Waals surface area contributed by atoms with Crippen LogP contribution in [0.5, 0.6) is 0 Å². The summed E-state index contributed by atoms with van der Waals surface area (Å²) < 4.78 is 4.81. The van der Waals surface area contributed by atoms with Crippen molar-refractivity contribution in [3.63, 3.8) is 0 Å². The van der Waals surface area contributed by atoms with Crippen molar-refractivity contribution in [1.82, 2.24) is 9.97 Å². The van der Waals surface area contributed by atoms with Crippen LogP contribution < -0.4 is 10.2 Å². The number of aliphatic hydroxyl groups excluding tert-OH is 1. The van der Waals surface area contributed by atoms with Crippen molar-refractivity contribution >= 4 is 17.6 Å². The van der Waals surface area contributed by atoms with Crippen LogP contribution in [0.3, 0.4) is 0 Å². The van der Waals surface area contributed by atoms with Crippen LogP contribution >= 0.6 is 0 Å². The minimum atomic E-state index is -0.309. The molecule has 7 nitrogen and oxygen atoms in total. The van der Waals surface area contributed by atoms with Crippen LogP contribution in [0.2, 0.25) is 0 Å². The van der Waals surface area contributed by atoms with Gasteiger partial charge in [-0.25, -0.2) is 14.8 Å². The number of esters is 1. The lowest BCUT2D eigenvalue weighted by Crippen LogP contribution is -2.32. The molecule has 2 heterocycles. The third kappa shape index (κ3) is 4.42. The largest absolute Gasteiger partial charge is 0.465 e. The first-order chi connectivity index (χ1) is 13.4. The molecule has 1 aromatic carbocycles. The van der Waals surface area contributed by atoms with Gasteiger partial charge in [-0.15, -0.1) is 0 Å². The lowest BCUT2D eigenvalue weighted by atomic mass is 9.97. The maximum absolute atomic E-state index is 11.7. The second kappa shape index (κ2) is 8.56. The number of hydrogen-bond acceptors (Lipinski definition) is 7. The van der Waals surface area contributed by atoms with E-state index in [-0.39, 0.29) is 24.5 Å². The minimum Gasteiger partial charge on any atom is -0.465 e. The average Bonchev–Trinajstić information content (AvgIpc) is 2.69. The Morgan fingerprint density at radius 2 is 2.07 bits per heavy atom. The highest BCUT2D eigenvalue weighted by molar-refractivity contribution is 5.89. The van der Waals surface area contributed by atoms with E-state index in [2.05, 4.69) is 34.0 Å². The first kappa shape index (κ1) is 20.1. The normalized spacial score (nSPS) is 14.6. The van der Waals surface area contributed by atoms with Gasteiger partial charge in [-0.2, -0.15) is 0 Å². The van der Waals surface area contributed by atoms with Crippen molar-refractivity contribution in [1.29, 1.82) is 0 Å². The van der Waals surface area contributed by atoms with Gasteiger partial charge in [0.1, 0.15) is 17.5 Å². The Hall–Kier alpha value is -2.67. The fourth-order valence-corrected chi connectivity index (χ4v) is 3.39. The molecule has 0 saturated heterocycles. The number of anilines is 2. The molecule has 1 aliphatic rings. The van der Waals surface area contributed by atoms with Crippen LogP contribution in [-0.2, 0) is 17.7 Å². The molecule has 0 unspecified atom stereocenters. The van der Waals surface area contributed by atoms with Gasteiger partial charge < -0.3 is 20.1 Å². The van der Waals surface area contributed by atoms with E-state index < -0.39 is 0 Å². The molecular weight excluding hydrogens is 356 g/mol. The van der Waals surface area contributed by atoms with Gasteiger partial charge in [-0.05, 0) is 42.5 Å². The summed E-state index contributed by atoms with van der Waals surface area (Å²) >= 11 is 0. The summed E-state index contributed by atoms with van der Waals surface area (Å²) in [5, 5.41) is 12.9. The Labute approximate surface area is 165 Å². The Morgan fingerprint density at radius 1 is 1.29 bits per heavy atom. The number of carbonyl (C=O) groups is 1. The number of fused-ring (bicyclic) bond motifs is 1. The summed E-state index contributed by atoms with van der Waals surface area (Å²) in [6.07, 6.45) is 0.831. The standard InChI is InChI=1S/C21H28N4O3/c1-13(2)18(12-26)24-19-10-20(23-14(3)22-19)25-8-7-15-9-16(21(27)28-4)5-6-17(15)11-25/h5-6,9-10,13,18,26H,7-8,11-12H2,1-4H3,(H,22,23,24)/t18-/m1/s1. The van der Waals surface area contributed by atoms with E-state index >= 15 is 0 Å². The number of aliphatic hydroxyl groups is 1. The van der Waals surface area contributed by atoms with Crippen LogP contribution in [0.1, 0.15) is 41.2 Å². The molecule has 0 aliphatic carbocycles. The van der Waals surface area contributed by atoms with Crippen LogP contribution in [0.15, 0.2) is 24.3 Å². The maximum atomic E-state index is 11.7. The fourth-order valence-electron chi connectivity index (χ4n) is 3.39. The van der Waals surface area contributed by atoms with E-state index in [1.165, 1.54) is 18.2 Å². The number of rotatable bonds is 6. The zero-order valence-corrected chi connectivity index (χ0v) is 16.9. The molecule has 1 atom stereocenters. The molecule has 0 spiro atoms. The summed E-state index contributed by atoms with van der Waals surface area (Å²) in [5.41, 5.74) is 2.94. The molecule has 3 rings (SSSR count). The zero-order chi connectivity index (χ0) is 20.3. The average molecular weight is 384 g/mol. The van der Waals surface area contributed by atoms with E-state index in [9.17, 15) is 9.90 Å². The van der Waals surface area contributed by atoms with Gasteiger partial charge in [0.2, 0.25) is 0 Å². The van der Waals surface area contributed by atoms with Gasteiger partial charge in [-0.1, -0.05) is 19.9 Å². The van der Waals surface area contributed by atoms with Crippen molar-refractivity contribution in [3.8, 4) is 0 Å². The van der Waals surface area contributed by atoms with E-state index in [4.69, 9.17) is 4.74 Å². The Balaban J connectivity index is 1.80. The topological polar surface area (TPSA) is 87.6 Å².